The van der Waals surface area contributed by atoms with Gasteiger partial charge in [-0.3, -0.25) is 0 Å². The SMILES string of the molecule is Cc1nc(NCc2ccccc2Cl)cc(NC2CCCC2)n1. The molecule has 0 atom stereocenters. The van der Waals surface area contributed by atoms with Gasteiger partial charge in [0.2, 0.25) is 0 Å². The Morgan fingerprint density at radius 3 is 2.64 bits per heavy atom. The fourth-order valence-electron chi connectivity index (χ4n) is 2.84. The van der Waals surface area contributed by atoms with Gasteiger partial charge in [-0.1, -0.05) is 42.6 Å². The van der Waals surface area contributed by atoms with Gasteiger partial charge in [0.1, 0.15) is 17.5 Å². The number of hydrogen-bond donors (Lipinski definition) is 2. The second-order valence-corrected chi connectivity index (χ2v) is 6.16. The van der Waals surface area contributed by atoms with E-state index in [1.807, 2.05) is 37.3 Å². The molecule has 22 heavy (non-hydrogen) atoms. The van der Waals surface area contributed by atoms with Crippen LogP contribution in [0.4, 0.5) is 11.6 Å². The molecule has 1 saturated carbocycles. The van der Waals surface area contributed by atoms with Crippen LogP contribution in [0.1, 0.15) is 37.1 Å². The minimum atomic E-state index is 0.547. The smallest absolute Gasteiger partial charge is 0.132 e. The number of anilines is 2. The Hall–Kier alpha value is -1.81. The summed E-state index contributed by atoms with van der Waals surface area (Å²) in [5, 5.41) is 7.62. The fourth-order valence-corrected chi connectivity index (χ4v) is 3.04. The van der Waals surface area contributed by atoms with Crippen LogP contribution in [0.2, 0.25) is 5.02 Å². The first-order valence-corrected chi connectivity index (χ1v) is 8.18. The molecule has 0 amide bonds. The lowest BCUT2D eigenvalue weighted by atomic mass is 10.2. The highest BCUT2D eigenvalue weighted by Gasteiger charge is 2.15. The summed E-state index contributed by atoms with van der Waals surface area (Å²) >= 11 is 6.18. The van der Waals surface area contributed by atoms with Crippen molar-refractivity contribution in [2.24, 2.45) is 0 Å². The van der Waals surface area contributed by atoms with Crippen molar-refractivity contribution >= 4 is 23.2 Å². The van der Waals surface area contributed by atoms with Gasteiger partial charge in [0.05, 0.1) is 0 Å². The molecule has 1 heterocycles. The predicted molar refractivity (Wildman–Crippen MR) is 91.4 cm³/mol. The van der Waals surface area contributed by atoms with Gasteiger partial charge in [0.15, 0.2) is 0 Å². The molecule has 1 fully saturated rings. The molecule has 0 bridgehead atoms. The van der Waals surface area contributed by atoms with Gasteiger partial charge in [0, 0.05) is 23.7 Å². The van der Waals surface area contributed by atoms with Gasteiger partial charge >= 0.3 is 0 Å². The molecular weight excluding hydrogens is 296 g/mol. The summed E-state index contributed by atoms with van der Waals surface area (Å²) in [7, 11) is 0. The first-order valence-electron chi connectivity index (χ1n) is 7.80. The number of aryl methyl sites for hydroxylation is 1. The normalized spacial score (nSPS) is 15.0. The van der Waals surface area contributed by atoms with Crippen molar-refractivity contribution in [1.82, 2.24) is 9.97 Å². The number of halogens is 1. The molecule has 0 aliphatic heterocycles. The fraction of sp³-hybridized carbons (Fsp3) is 0.412. The summed E-state index contributed by atoms with van der Waals surface area (Å²) in [6.07, 6.45) is 5.07. The number of nitrogens with zero attached hydrogens (tertiary/aromatic N) is 2. The summed E-state index contributed by atoms with van der Waals surface area (Å²) in [5.41, 5.74) is 1.06. The molecule has 1 aromatic heterocycles. The minimum absolute atomic E-state index is 0.547. The molecule has 4 nitrogen and oxygen atoms in total. The molecule has 1 aromatic carbocycles. The van der Waals surface area contributed by atoms with Crippen LogP contribution in [-0.2, 0) is 6.54 Å². The predicted octanol–water partition coefficient (Wildman–Crippen LogP) is 4.41. The Kier molecular flexibility index (Phi) is 4.78. The van der Waals surface area contributed by atoms with Gasteiger partial charge in [-0.25, -0.2) is 9.97 Å². The third-order valence-corrected chi connectivity index (χ3v) is 4.33. The summed E-state index contributed by atoms with van der Waals surface area (Å²) < 4.78 is 0. The second-order valence-electron chi connectivity index (χ2n) is 5.76. The monoisotopic (exact) mass is 316 g/mol. The standard InChI is InChI=1S/C17H21ClN4/c1-12-20-16(19-11-13-6-2-5-9-15(13)18)10-17(21-12)22-14-7-3-4-8-14/h2,5-6,9-10,14H,3-4,7-8,11H2,1H3,(H2,19,20,21,22). The van der Waals surface area contributed by atoms with Gasteiger partial charge in [-0.05, 0) is 31.4 Å². The number of rotatable bonds is 5. The van der Waals surface area contributed by atoms with Crippen molar-refractivity contribution in [2.75, 3.05) is 10.6 Å². The maximum absolute atomic E-state index is 6.18. The van der Waals surface area contributed by atoms with E-state index in [0.717, 1.165) is 28.0 Å². The molecular formula is C17H21ClN4. The summed E-state index contributed by atoms with van der Waals surface area (Å²) in [4.78, 5) is 8.93. The Bertz CT molecular complexity index is 638. The Balaban J connectivity index is 1.68. The summed E-state index contributed by atoms with van der Waals surface area (Å²) in [5.74, 6) is 2.50. The van der Waals surface area contributed by atoms with Crippen molar-refractivity contribution < 1.29 is 0 Å². The minimum Gasteiger partial charge on any atom is -0.367 e. The van der Waals surface area contributed by atoms with E-state index in [1.54, 1.807) is 0 Å². The molecule has 1 aliphatic rings. The van der Waals surface area contributed by atoms with E-state index in [0.29, 0.717) is 12.6 Å². The maximum Gasteiger partial charge on any atom is 0.132 e. The molecule has 0 spiro atoms. The topological polar surface area (TPSA) is 49.8 Å². The first-order chi connectivity index (χ1) is 10.7. The van der Waals surface area contributed by atoms with E-state index >= 15 is 0 Å². The quantitative estimate of drug-likeness (QED) is 0.858. The summed E-state index contributed by atoms with van der Waals surface area (Å²) in [6, 6.07) is 10.4. The van der Waals surface area contributed by atoms with Crippen LogP contribution < -0.4 is 10.6 Å². The van der Waals surface area contributed by atoms with Crippen LogP contribution >= 0.6 is 11.6 Å². The van der Waals surface area contributed by atoms with Crippen LogP contribution in [0, 0.1) is 6.92 Å². The number of aromatic nitrogens is 2. The van der Waals surface area contributed by atoms with E-state index in [-0.39, 0.29) is 0 Å². The molecule has 0 unspecified atom stereocenters. The van der Waals surface area contributed by atoms with E-state index < -0.39 is 0 Å². The largest absolute Gasteiger partial charge is 0.367 e. The Labute approximate surface area is 136 Å². The average molecular weight is 317 g/mol. The van der Waals surface area contributed by atoms with Gasteiger partial charge < -0.3 is 10.6 Å². The highest BCUT2D eigenvalue weighted by Crippen LogP contribution is 2.23. The zero-order valence-corrected chi connectivity index (χ0v) is 13.5. The lowest BCUT2D eigenvalue weighted by Crippen LogP contribution is -2.16. The van der Waals surface area contributed by atoms with Crippen molar-refractivity contribution in [3.63, 3.8) is 0 Å². The average Bonchev–Trinajstić information content (AvgIpc) is 2.99. The maximum atomic E-state index is 6.18. The lowest BCUT2D eigenvalue weighted by Gasteiger charge is -2.14. The molecule has 3 rings (SSSR count). The van der Waals surface area contributed by atoms with Crippen LogP contribution in [0.5, 0.6) is 0 Å². The Morgan fingerprint density at radius 2 is 1.86 bits per heavy atom. The highest BCUT2D eigenvalue weighted by atomic mass is 35.5. The van der Waals surface area contributed by atoms with Gasteiger partial charge in [-0.15, -0.1) is 0 Å². The van der Waals surface area contributed by atoms with Crippen LogP contribution in [0.15, 0.2) is 30.3 Å². The van der Waals surface area contributed by atoms with Crippen LogP contribution in [-0.4, -0.2) is 16.0 Å². The van der Waals surface area contributed by atoms with Crippen molar-refractivity contribution in [3.05, 3.63) is 46.7 Å². The first kappa shape index (κ1) is 15.1. The number of benzene rings is 1. The van der Waals surface area contributed by atoms with Crippen molar-refractivity contribution in [3.8, 4) is 0 Å². The van der Waals surface area contributed by atoms with Crippen molar-refractivity contribution in [1.29, 1.82) is 0 Å². The molecule has 116 valence electrons. The third-order valence-electron chi connectivity index (χ3n) is 3.96. The summed E-state index contributed by atoms with van der Waals surface area (Å²) in [6.45, 7) is 2.57. The molecule has 0 saturated heterocycles. The van der Waals surface area contributed by atoms with Crippen molar-refractivity contribution in [2.45, 2.75) is 45.2 Å². The van der Waals surface area contributed by atoms with E-state index in [1.165, 1.54) is 25.7 Å². The molecule has 2 aromatic rings. The van der Waals surface area contributed by atoms with Gasteiger partial charge in [0.25, 0.3) is 0 Å². The zero-order valence-electron chi connectivity index (χ0n) is 12.8. The molecule has 0 radical (unpaired) electrons. The van der Waals surface area contributed by atoms with E-state index in [9.17, 15) is 0 Å². The number of hydrogen-bond acceptors (Lipinski definition) is 4. The Morgan fingerprint density at radius 1 is 1.14 bits per heavy atom. The lowest BCUT2D eigenvalue weighted by molar-refractivity contribution is 0.748. The second kappa shape index (κ2) is 6.97. The van der Waals surface area contributed by atoms with Crippen LogP contribution in [0.3, 0.4) is 0 Å². The van der Waals surface area contributed by atoms with E-state index in [2.05, 4.69) is 20.6 Å². The molecule has 1 aliphatic carbocycles. The van der Waals surface area contributed by atoms with Gasteiger partial charge in [-0.2, -0.15) is 0 Å². The highest BCUT2D eigenvalue weighted by molar-refractivity contribution is 6.31. The number of nitrogens with one attached hydrogen (secondary N) is 2. The molecule has 5 heteroatoms. The molecule has 2 N–H and O–H groups in total. The zero-order chi connectivity index (χ0) is 15.4. The van der Waals surface area contributed by atoms with Crippen LogP contribution in [0.25, 0.3) is 0 Å². The van der Waals surface area contributed by atoms with E-state index in [4.69, 9.17) is 11.6 Å². The third kappa shape index (κ3) is 3.89.